The Hall–Kier alpha value is -1.52. The van der Waals surface area contributed by atoms with Crippen LogP contribution in [0.4, 0.5) is 14.5 Å². The molecular weight excluding hydrogens is 264 g/mol. The van der Waals surface area contributed by atoms with E-state index in [9.17, 15) is 8.78 Å². The number of anilines is 1. The van der Waals surface area contributed by atoms with Crippen molar-refractivity contribution in [1.82, 2.24) is 0 Å². The van der Waals surface area contributed by atoms with Gasteiger partial charge >= 0.3 is 6.61 Å². The lowest BCUT2D eigenvalue weighted by Crippen LogP contribution is -2.19. The van der Waals surface area contributed by atoms with E-state index in [1.54, 1.807) is 19.2 Å². The SMILES string of the molecule is CCCCC(CC)Nc1cc(OC)ccc1OC(F)F. The normalized spacial score (nSPS) is 12.3. The summed E-state index contributed by atoms with van der Waals surface area (Å²) in [6, 6.07) is 5.03. The summed E-state index contributed by atoms with van der Waals surface area (Å²) in [6.07, 6.45) is 4.13. The van der Waals surface area contributed by atoms with Crippen molar-refractivity contribution in [3.63, 3.8) is 0 Å². The monoisotopic (exact) mass is 287 g/mol. The molecule has 0 heterocycles. The predicted molar refractivity (Wildman–Crippen MR) is 76.9 cm³/mol. The van der Waals surface area contributed by atoms with Gasteiger partial charge in [0.25, 0.3) is 0 Å². The Morgan fingerprint density at radius 3 is 2.55 bits per heavy atom. The van der Waals surface area contributed by atoms with Crippen LogP contribution in [-0.2, 0) is 0 Å². The van der Waals surface area contributed by atoms with E-state index < -0.39 is 6.61 Å². The fraction of sp³-hybridized carbons (Fsp3) is 0.600. The fourth-order valence-electron chi connectivity index (χ4n) is 2.00. The summed E-state index contributed by atoms with van der Waals surface area (Å²) < 4.78 is 34.5. The minimum atomic E-state index is -2.83. The maximum Gasteiger partial charge on any atom is 0.387 e. The lowest BCUT2D eigenvalue weighted by atomic mass is 10.1. The highest BCUT2D eigenvalue weighted by Crippen LogP contribution is 2.31. The van der Waals surface area contributed by atoms with Gasteiger partial charge in [-0.2, -0.15) is 8.78 Å². The van der Waals surface area contributed by atoms with Crippen LogP contribution in [0, 0.1) is 0 Å². The van der Waals surface area contributed by atoms with Crippen molar-refractivity contribution in [1.29, 1.82) is 0 Å². The van der Waals surface area contributed by atoms with Crippen molar-refractivity contribution in [2.75, 3.05) is 12.4 Å². The molecule has 1 rings (SSSR count). The number of hydrogen-bond acceptors (Lipinski definition) is 3. The Labute approximate surface area is 119 Å². The molecule has 0 aliphatic carbocycles. The van der Waals surface area contributed by atoms with Crippen molar-refractivity contribution in [2.24, 2.45) is 0 Å². The van der Waals surface area contributed by atoms with E-state index >= 15 is 0 Å². The van der Waals surface area contributed by atoms with Crippen LogP contribution in [0.5, 0.6) is 11.5 Å². The van der Waals surface area contributed by atoms with Gasteiger partial charge < -0.3 is 14.8 Å². The molecule has 20 heavy (non-hydrogen) atoms. The minimum absolute atomic E-state index is 0.149. The topological polar surface area (TPSA) is 30.5 Å². The number of unbranched alkanes of at least 4 members (excludes halogenated alkanes) is 1. The largest absolute Gasteiger partial charge is 0.497 e. The highest BCUT2D eigenvalue weighted by Gasteiger charge is 2.14. The molecule has 0 aliphatic heterocycles. The first kappa shape index (κ1) is 16.5. The van der Waals surface area contributed by atoms with Gasteiger partial charge in [-0.1, -0.05) is 26.7 Å². The Bertz CT molecular complexity index is 399. The van der Waals surface area contributed by atoms with Crippen LogP contribution in [0.15, 0.2) is 18.2 Å². The number of halogens is 2. The van der Waals surface area contributed by atoms with E-state index in [2.05, 4.69) is 23.9 Å². The molecule has 0 spiro atoms. The molecule has 1 aromatic rings. The van der Waals surface area contributed by atoms with Gasteiger partial charge in [0.15, 0.2) is 0 Å². The van der Waals surface area contributed by atoms with Gasteiger partial charge in [0.05, 0.1) is 12.8 Å². The zero-order chi connectivity index (χ0) is 15.0. The van der Waals surface area contributed by atoms with Gasteiger partial charge in [-0.25, -0.2) is 0 Å². The first-order chi connectivity index (χ1) is 9.60. The minimum Gasteiger partial charge on any atom is -0.497 e. The van der Waals surface area contributed by atoms with Crippen LogP contribution in [0.3, 0.4) is 0 Å². The first-order valence-electron chi connectivity index (χ1n) is 7.00. The summed E-state index contributed by atoms with van der Waals surface area (Å²) >= 11 is 0. The maximum atomic E-state index is 12.4. The number of hydrogen-bond donors (Lipinski definition) is 1. The molecule has 1 atom stereocenters. The highest BCUT2D eigenvalue weighted by atomic mass is 19.3. The second-order valence-electron chi connectivity index (χ2n) is 4.63. The summed E-state index contributed by atoms with van der Waals surface area (Å²) in [4.78, 5) is 0. The van der Waals surface area contributed by atoms with Crippen LogP contribution in [0.25, 0.3) is 0 Å². The van der Waals surface area contributed by atoms with Crippen molar-refractivity contribution in [3.8, 4) is 11.5 Å². The second-order valence-corrected chi connectivity index (χ2v) is 4.63. The van der Waals surface area contributed by atoms with E-state index in [0.717, 1.165) is 25.7 Å². The Kier molecular flexibility index (Phi) is 7.12. The van der Waals surface area contributed by atoms with Crippen LogP contribution in [0.1, 0.15) is 39.5 Å². The number of ether oxygens (including phenoxy) is 2. The van der Waals surface area contributed by atoms with E-state index in [4.69, 9.17) is 4.74 Å². The lowest BCUT2D eigenvalue weighted by molar-refractivity contribution is -0.0494. The highest BCUT2D eigenvalue weighted by molar-refractivity contribution is 5.60. The zero-order valence-corrected chi connectivity index (χ0v) is 12.3. The molecule has 5 heteroatoms. The number of benzene rings is 1. The third kappa shape index (κ3) is 5.23. The molecule has 0 aliphatic rings. The maximum absolute atomic E-state index is 12.4. The molecule has 1 unspecified atom stereocenters. The average Bonchev–Trinajstić information content (AvgIpc) is 2.44. The summed E-state index contributed by atoms with van der Waals surface area (Å²) in [5.41, 5.74) is 0.549. The molecule has 0 fully saturated rings. The Morgan fingerprint density at radius 1 is 1.25 bits per heavy atom. The number of nitrogens with one attached hydrogen (secondary N) is 1. The smallest absolute Gasteiger partial charge is 0.387 e. The second kappa shape index (κ2) is 8.61. The summed E-state index contributed by atoms with van der Waals surface area (Å²) in [5.74, 6) is 0.759. The standard InChI is InChI=1S/C15H23F2NO2/c1-4-6-7-11(5-2)18-13-10-12(19-3)8-9-14(13)20-15(16)17/h8-11,15,18H,4-7H2,1-3H3. The molecule has 0 aromatic heterocycles. The Morgan fingerprint density at radius 2 is 2.00 bits per heavy atom. The molecular formula is C15H23F2NO2. The van der Waals surface area contributed by atoms with Crippen molar-refractivity contribution in [3.05, 3.63) is 18.2 Å². The van der Waals surface area contributed by atoms with Gasteiger partial charge in [-0.05, 0) is 25.0 Å². The predicted octanol–water partition coefficient (Wildman–Crippen LogP) is 4.68. The number of alkyl halides is 2. The van der Waals surface area contributed by atoms with Crippen LogP contribution in [0.2, 0.25) is 0 Å². The molecule has 3 nitrogen and oxygen atoms in total. The third-order valence-corrected chi connectivity index (χ3v) is 3.16. The zero-order valence-electron chi connectivity index (χ0n) is 12.3. The van der Waals surface area contributed by atoms with E-state index in [-0.39, 0.29) is 11.8 Å². The molecule has 0 radical (unpaired) electrons. The summed E-state index contributed by atoms with van der Waals surface area (Å²) in [5, 5.41) is 3.27. The Balaban J connectivity index is 2.87. The summed E-state index contributed by atoms with van der Waals surface area (Å²) in [7, 11) is 1.54. The van der Waals surface area contributed by atoms with Gasteiger partial charge in [0.1, 0.15) is 11.5 Å². The van der Waals surface area contributed by atoms with Crippen LogP contribution in [-0.4, -0.2) is 19.8 Å². The van der Waals surface area contributed by atoms with Gasteiger partial charge in [0.2, 0.25) is 0 Å². The van der Waals surface area contributed by atoms with Crippen LogP contribution < -0.4 is 14.8 Å². The molecule has 114 valence electrons. The van der Waals surface area contributed by atoms with E-state index in [1.807, 2.05) is 0 Å². The first-order valence-corrected chi connectivity index (χ1v) is 7.00. The van der Waals surface area contributed by atoms with E-state index in [1.165, 1.54) is 6.07 Å². The average molecular weight is 287 g/mol. The van der Waals surface area contributed by atoms with Gasteiger partial charge in [-0.3, -0.25) is 0 Å². The van der Waals surface area contributed by atoms with Gasteiger partial charge in [0, 0.05) is 12.1 Å². The van der Waals surface area contributed by atoms with Crippen molar-refractivity contribution < 1.29 is 18.3 Å². The molecule has 0 bridgehead atoms. The quantitative estimate of drug-likeness (QED) is 0.715. The fourth-order valence-corrected chi connectivity index (χ4v) is 2.00. The molecule has 1 N–H and O–H groups in total. The number of rotatable bonds is 9. The molecule has 1 aromatic carbocycles. The third-order valence-electron chi connectivity index (χ3n) is 3.16. The lowest BCUT2D eigenvalue weighted by Gasteiger charge is -2.21. The summed E-state index contributed by atoms with van der Waals surface area (Å²) in [6.45, 7) is 1.37. The molecule has 0 saturated heterocycles. The molecule has 0 saturated carbocycles. The number of methoxy groups -OCH3 is 1. The van der Waals surface area contributed by atoms with E-state index in [0.29, 0.717) is 11.4 Å². The van der Waals surface area contributed by atoms with Crippen molar-refractivity contribution in [2.45, 2.75) is 52.2 Å². The van der Waals surface area contributed by atoms with Gasteiger partial charge in [-0.15, -0.1) is 0 Å². The van der Waals surface area contributed by atoms with Crippen LogP contribution >= 0.6 is 0 Å². The molecule has 0 amide bonds. The van der Waals surface area contributed by atoms with Crippen molar-refractivity contribution >= 4 is 5.69 Å².